The van der Waals surface area contributed by atoms with Crippen molar-refractivity contribution >= 4 is 5.78 Å². The van der Waals surface area contributed by atoms with Gasteiger partial charge in [0.1, 0.15) is 5.78 Å². The van der Waals surface area contributed by atoms with Crippen LogP contribution in [0.4, 0.5) is 13.2 Å². The van der Waals surface area contributed by atoms with Crippen LogP contribution in [-0.2, 0) is 9.53 Å². The van der Waals surface area contributed by atoms with Gasteiger partial charge in [-0.15, -0.1) is 0 Å². The highest BCUT2D eigenvalue weighted by molar-refractivity contribution is 5.87. The number of hydrogen-bond donors (Lipinski definition) is 1. The third-order valence-electron chi connectivity index (χ3n) is 4.13. The second-order valence-electron chi connectivity index (χ2n) is 5.11. The van der Waals surface area contributed by atoms with Crippen LogP contribution in [0.15, 0.2) is 0 Å². The zero-order valence-electron chi connectivity index (χ0n) is 10.2. The van der Waals surface area contributed by atoms with Gasteiger partial charge in [-0.05, 0) is 19.8 Å². The molecule has 2 fully saturated rings. The SMILES string of the molecule is CCO[C@H]1C[C@](O)(C(F)(F)F)[C@@H]2CCC[C@H]1C2=O. The number of hydrogen-bond acceptors (Lipinski definition) is 3. The van der Waals surface area contributed by atoms with Crippen molar-refractivity contribution in [3.63, 3.8) is 0 Å². The molecule has 104 valence electrons. The molecular weight excluding hydrogens is 249 g/mol. The summed E-state index contributed by atoms with van der Waals surface area (Å²) in [5.74, 6) is -2.27. The molecule has 0 radical (unpaired) electrons. The minimum Gasteiger partial charge on any atom is -0.380 e. The third kappa shape index (κ3) is 1.95. The Morgan fingerprint density at radius 2 is 2.11 bits per heavy atom. The lowest BCUT2D eigenvalue weighted by atomic mass is 9.62. The maximum Gasteiger partial charge on any atom is 0.417 e. The van der Waals surface area contributed by atoms with E-state index in [1.54, 1.807) is 6.92 Å². The first-order valence-corrected chi connectivity index (χ1v) is 6.25. The van der Waals surface area contributed by atoms with Crippen molar-refractivity contribution in [2.75, 3.05) is 6.61 Å². The van der Waals surface area contributed by atoms with Gasteiger partial charge in [0, 0.05) is 18.9 Å². The maximum atomic E-state index is 13.0. The van der Waals surface area contributed by atoms with Gasteiger partial charge < -0.3 is 9.84 Å². The Hall–Kier alpha value is -0.620. The molecule has 1 N–H and O–H groups in total. The average molecular weight is 266 g/mol. The van der Waals surface area contributed by atoms with E-state index in [9.17, 15) is 23.1 Å². The molecule has 0 spiro atoms. The Labute approximate surface area is 103 Å². The van der Waals surface area contributed by atoms with Crippen LogP contribution in [0.2, 0.25) is 0 Å². The van der Waals surface area contributed by atoms with E-state index >= 15 is 0 Å². The summed E-state index contributed by atoms with van der Waals surface area (Å²) in [7, 11) is 0. The zero-order chi connectivity index (χ0) is 13.6. The van der Waals surface area contributed by atoms with Crippen molar-refractivity contribution in [3.05, 3.63) is 0 Å². The molecule has 2 saturated carbocycles. The lowest BCUT2D eigenvalue weighted by Gasteiger charge is -2.48. The highest BCUT2D eigenvalue weighted by Crippen LogP contribution is 2.50. The van der Waals surface area contributed by atoms with E-state index in [4.69, 9.17) is 4.74 Å². The van der Waals surface area contributed by atoms with E-state index in [1.807, 2.05) is 0 Å². The molecule has 6 heteroatoms. The summed E-state index contributed by atoms with van der Waals surface area (Å²) < 4.78 is 44.4. The second-order valence-corrected chi connectivity index (χ2v) is 5.11. The molecule has 0 amide bonds. The predicted octanol–water partition coefficient (Wildman–Crippen LogP) is 2.07. The average Bonchev–Trinajstić information content (AvgIpc) is 2.24. The van der Waals surface area contributed by atoms with E-state index in [2.05, 4.69) is 0 Å². The van der Waals surface area contributed by atoms with Gasteiger partial charge in [0.15, 0.2) is 5.60 Å². The van der Waals surface area contributed by atoms with Gasteiger partial charge >= 0.3 is 6.18 Å². The molecule has 2 aliphatic carbocycles. The fraction of sp³-hybridized carbons (Fsp3) is 0.917. The van der Waals surface area contributed by atoms with Gasteiger partial charge in [0.05, 0.1) is 12.0 Å². The van der Waals surface area contributed by atoms with Crippen molar-refractivity contribution < 1.29 is 27.8 Å². The Kier molecular flexibility index (Phi) is 3.44. The van der Waals surface area contributed by atoms with E-state index in [0.29, 0.717) is 12.8 Å². The third-order valence-corrected chi connectivity index (χ3v) is 4.13. The smallest absolute Gasteiger partial charge is 0.380 e. The first-order chi connectivity index (χ1) is 8.31. The van der Waals surface area contributed by atoms with Gasteiger partial charge in [0.25, 0.3) is 0 Å². The quantitative estimate of drug-likeness (QED) is 0.832. The van der Waals surface area contributed by atoms with E-state index in [1.165, 1.54) is 0 Å². The topological polar surface area (TPSA) is 46.5 Å². The predicted molar refractivity (Wildman–Crippen MR) is 56.9 cm³/mol. The summed E-state index contributed by atoms with van der Waals surface area (Å²) in [6.45, 7) is 1.92. The molecule has 18 heavy (non-hydrogen) atoms. The number of carbonyl (C=O) groups excluding carboxylic acids is 1. The Morgan fingerprint density at radius 3 is 2.67 bits per heavy atom. The van der Waals surface area contributed by atoms with Crippen LogP contribution in [0.3, 0.4) is 0 Å². The van der Waals surface area contributed by atoms with Gasteiger partial charge in [-0.3, -0.25) is 4.79 Å². The van der Waals surface area contributed by atoms with Crippen LogP contribution in [0, 0.1) is 11.8 Å². The van der Waals surface area contributed by atoms with Crippen LogP contribution in [0.5, 0.6) is 0 Å². The monoisotopic (exact) mass is 266 g/mol. The normalized spacial score (nSPS) is 40.9. The van der Waals surface area contributed by atoms with Crippen molar-refractivity contribution in [3.8, 4) is 0 Å². The number of ketones is 1. The molecule has 2 bridgehead atoms. The fourth-order valence-corrected chi connectivity index (χ4v) is 3.22. The minimum absolute atomic E-state index is 0.115. The Balaban J connectivity index is 2.34. The van der Waals surface area contributed by atoms with Gasteiger partial charge in [-0.2, -0.15) is 13.2 Å². The Morgan fingerprint density at radius 1 is 1.44 bits per heavy atom. The van der Waals surface area contributed by atoms with Crippen molar-refractivity contribution in [2.24, 2.45) is 11.8 Å². The summed E-state index contributed by atoms with van der Waals surface area (Å²) >= 11 is 0. The number of fused-ring (bicyclic) bond motifs is 2. The number of aliphatic hydroxyl groups is 1. The fourth-order valence-electron chi connectivity index (χ4n) is 3.22. The molecular formula is C12H17F3O3. The summed E-state index contributed by atoms with van der Waals surface area (Å²) in [4.78, 5) is 12.0. The molecule has 0 unspecified atom stereocenters. The molecule has 0 heterocycles. The first-order valence-electron chi connectivity index (χ1n) is 6.25. The Bertz CT molecular complexity index is 342. The van der Waals surface area contributed by atoms with Crippen LogP contribution in [-0.4, -0.2) is 35.4 Å². The molecule has 2 aliphatic rings. The summed E-state index contributed by atoms with van der Waals surface area (Å²) in [6.07, 6.45) is -4.91. The zero-order valence-corrected chi connectivity index (χ0v) is 10.2. The van der Waals surface area contributed by atoms with E-state index < -0.39 is 41.9 Å². The molecule has 0 aromatic carbocycles. The lowest BCUT2D eigenvalue weighted by Crippen LogP contribution is -2.63. The van der Waals surface area contributed by atoms with Gasteiger partial charge in [-0.25, -0.2) is 0 Å². The van der Waals surface area contributed by atoms with Crippen LogP contribution < -0.4 is 0 Å². The summed E-state index contributed by atoms with van der Waals surface area (Å²) in [6, 6.07) is 0. The van der Waals surface area contributed by atoms with Crippen LogP contribution in [0.25, 0.3) is 0 Å². The standard InChI is InChI=1S/C12H17F3O3/c1-2-18-9-6-11(17,12(13,14)15)8-5-3-4-7(9)10(8)16/h7-9,17H,2-6H2,1H3/t7-,8-,9+,11-/m1/s1. The largest absolute Gasteiger partial charge is 0.417 e. The molecule has 0 aromatic heterocycles. The number of halogens is 3. The molecule has 0 saturated heterocycles. The molecule has 0 aromatic rings. The highest BCUT2D eigenvalue weighted by Gasteiger charge is 2.66. The number of alkyl halides is 3. The molecule has 2 rings (SSSR count). The van der Waals surface area contributed by atoms with Gasteiger partial charge in [-0.1, -0.05) is 6.42 Å². The van der Waals surface area contributed by atoms with Crippen LogP contribution >= 0.6 is 0 Å². The second kappa shape index (κ2) is 4.49. The van der Waals surface area contributed by atoms with Crippen molar-refractivity contribution in [1.29, 1.82) is 0 Å². The summed E-state index contributed by atoms with van der Waals surface area (Å²) in [5, 5.41) is 9.96. The number of Topliss-reactive ketones (excluding diaryl/α,β-unsaturated/α-hetero) is 1. The number of rotatable bonds is 2. The van der Waals surface area contributed by atoms with Gasteiger partial charge in [0.2, 0.25) is 0 Å². The number of carbonyl (C=O) groups is 1. The maximum absolute atomic E-state index is 13.0. The van der Waals surface area contributed by atoms with Crippen molar-refractivity contribution in [2.45, 2.75) is 50.5 Å². The van der Waals surface area contributed by atoms with E-state index in [0.717, 1.165) is 0 Å². The van der Waals surface area contributed by atoms with Crippen molar-refractivity contribution in [1.82, 2.24) is 0 Å². The first kappa shape index (κ1) is 13.8. The van der Waals surface area contributed by atoms with Crippen LogP contribution in [0.1, 0.15) is 32.6 Å². The molecule has 0 aliphatic heterocycles. The minimum atomic E-state index is -4.79. The lowest BCUT2D eigenvalue weighted by molar-refractivity contribution is -0.298. The molecule has 4 atom stereocenters. The highest BCUT2D eigenvalue weighted by atomic mass is 19.4. The molecule has 3 nitrogen and oxygen atoms in total. The van der Waals surface area contributed by atoms with E-state index in [-0.39, 0.29) is 13.0 Å². The number of ether oxygens (including phenoxy) is 1. The summed E-state index contributed by atoms with van der Waals surface area (Å²) in [5.41, 5.74) is -2.92.